The molecule has 0 saturated carbocycles. The van der Waals surface area contributed by atoms with Gasteiger partial charge in [0.25, 0.3) is 0 Å². The Morgan fingerprint density at radius 2 is 2.00 bits per heavy atom. The van der Waals surface area contributed by atoms with Gasteiger partial charge in [-0.1, -0.05) is 6.07 Å². The number of rotatable bonds is 4. The first kappa shape index (κ1) is 13.5. The predicted octanol–water partition coefficient (Wildman–Crippen LogP) is 3.24. The average molecular weight is 246 g/mol. The summed E-state index contributed by atoms with van der Waals surface area (Å²) in [6.45, 7) is 3.19. The molecule has 94 valence electrons. The Kier molecular flexibility index (Phi) is 4.15. The van der Waals surface area contributed by atoms with E-state index in [9.17, 15) is 18.0 Å². The van der Waals surface area contributed by atoms with Crippen molar-refractivity contribution in [2.24, 2.45) is 0 Å². The average Bonchev–Trinajstić information content (AvgIpc) is 2.18. The SMILES string of the molecule is CCOc1cccc(C(F)(F)F)c1CC(C)=O. The van der Waals surface area contributed by atoms with Crippen LogP contribution in [0.4, 0.5) is 13.2 Å². The van der Waals surface area contributed by atoms with Gasteiger partial charge in [0, 0.05) is 12.0 Å². The van der Waals surface area contributed by atoms with Gasteiger partial charge in [-0.15, -0.1) is 0 Å². The van der Waals surface area contributed by atoms with E-state index < -0.39 is 11.7 Å². The van der Waals surface area contributed by atoms with Crippen molar-refractivity contribution in [3.8, 4) is 5.75 Å². The van der Waals surface area contributed by atoms with E-state index in [0.717, 1.165) is 6.07 Å². The molecule has 0 bridgehead atoms. The van der Waals surface area contributed by atoms with Crippen LogP contribution in [0.2, 0.25) is 0 Å². The third kappa shape index (κ3) is 3.47. The molecule has 2 nitrogen and oxygen atoms in total. The number of halogens is 3. The summed E-state index contributed by atoms with van der Waals surface area (Å²) in [4.78, 5) is 11.0. The Labute approximate surface area is 97.4 Å². The van der Waals surface area contributed by atoms with Gasteiger partial charge >= 0.3 is 6.18 Å². The molecule has 0 radical (unpaired) electrons. The second-order valence-corrected chi connectivity index (χ2v) is 3.59. The maximum Gasteiger partial charge on any atom is 0.416 e. The molecule has 0 amide bonds. The molecular formula is C12H13F3O2. The molecule has 0 aliphatic heterocycles. The highest BCUT2D eigenvalue weighted by atomic mass is 19.4. The highest BCUT2D eigenvalue weighted by molar-refractivity contribution is 5.79. The summed E-state index contributed by atoms with van der Waals surface area (Å²) in [5, 5.41) is 0. The van der Waals surface area contributed by atoms with Gasteiger partial charge in [0.05, 0.1) is 12.2 Å². The Morgan fingerprint density at radius 1 is 1.35 bits per heavy atom. The summed E-state index contributed by atoms with van der Waals surface area (Å²) in [6.07, 6.45) is -4.75. The first-order valence-corrected chi connectivity index (χ1v) is 5.17. The molecule has 1 rings (SSSR count). The molecule has 0 unspecified atom stereocenters. The number of ketones is 1. The van der Waals surface area contributed by atoms with Crippen LogP contribution in [-0.4, -0.2) is 12.4 Å². The van der Waals surface area contributed by atoms with E-state index >= 15 is 0 Å². The summed E-state index contributed by atoms with van der Waals surface area (Å²) >= 11 is 0. The van der Waals surface area contributed by atoms with Crippen LogP contribution in [0.25, 0.3) is 0 Å². The zero-order chi connectivity index (χ0) is 13.1. The van der Waals surface area contributed by atoms with Gasteiger partial charge in [-0.2, -0.15) is 13.2 Å². The van der Waals surface area contributed by atoms with Gasteiger partial charge in [0.15, 0.2) is 0 Å². The lowest BCUT2D eigenvalue weighted by Crippen LogP contribution is -2.13. The van der Waals surface area contributed by atoms with Crippen LogP contribution >= 0.6 is 0 Å². The number of hydrogen-bond acceptors (Lipinski definition) is 2. The fourth-order valence-corrected chi connectivity index (χ4v) is 1.55. The van der Waals surface area contributed by atoms with E-state index in [1.54, 1.807) is 6.92 Å². The van der Waals surface area contributed by atoms with Gasteiger partial charge in [0.2, 0.25) is 0 Å². The normalized spacial score (nSPS) is 11.4. The van der Waals surface area contributed by atoms with E-state index in [1.807, 2.05) is 0 Å². The van der Waals surface area contributed by atoms with Gasteiger partial charge in [-0.3, -0.25) is 4.79 Å². The van der Waals surface area contributed by atoms with E-state index in [2.05, 4.69) is 0 Å². The third-order valence-corrected chi connectivity index (χ3v) is 2.16. The van der Waals surface area contributed by atoms with Crippen molar-refractivity contribution in [2.45, 2.75) is 26.4 Å². The second-order valence-electron chi connectivity index (χ2n) is 3.59. The Hall–Kier alpha value is -1.52. The molecule has 1 aromatic carbocycles. The van der Waals surface area contributed by atoms with Crippen LogP contribution in [-0.2, 0) is 17.4 Å². The minimum atomic E-state index is -4.47. The first-order valence-electron chi connectivity index (χ1n) is 5.17. The molecule has 0 N–H and O–H groups in total. The summed E-state index contributed by atoms with van der Waals surface area (Å²) in [5.74, 6) is -0.208. The Bertz CT molecular complexity index is 411. The standard InChI is InChI=1S/C12H13F3O2/c1-3-17-11-6-4-5-10(12(13,14)15)9(11)7-8(2)16/h4-6H,3,7H2,1-2H3. The number of carbonyl (C=O) groups excluding carboxylic acids is 1. The van der Waals surface area contributed by atoms with Crippen LogP contribution in [0, 0.1) is 0 Å². The number of ether oxygens (including phenoxy) is 1. The summed E-state index contributed by atoms with van der Waals surface area (Å²) in [5.41, 5.74) is -0.895. The molecule has 1 aromatic rings. The monoisotopic (exact) mass is 246 g/mol. The molecule has 0 aliphatic carbocycles. The molecule has 0 aliphatic rings. The number of benzene rings is 1. The molecule has 5 heteroatoms. The number of alkyl halides is 3. The van der Waals surface area contributed by atoms with Crippen molar-refractivity contribution in [3.05, 3.63) is 29.3 Å². The van der Waals surface area contributed by atoms with Crippen molar-refractivity contribution in [1.29, 1.82) is 0 Å². The number of carbonyl (C=O) groups is 1. The van der Waals surface area contributed by atoms with Crippen molar-refractivity contribution in [1.82, 2.24) is 0 Å². The number of Topliss-reactive ketones (excluding diaryl/α,β-unsaturated/α-hetero) is 1. The highest BCUT2D eigenvalue weighted by Crippen LogP contribution is 2.36. The van der Waals surface area contributed by atoms with Crippen LogP contribution in [0.15, 0.2) is 18.2 Å². The topological polar surface area (TPSA) is 26.3 Å². The van der Waals surface area contributed by atoms with Crippen molar-refractivity contribution in [3.63, 3.8) is 0 Å². The third-order valence-electron chi connectivity index (χ3n) is 2.16. The molecular weight excluding hydrogens is 233 g/mol. The van der Waals surface area contributed by atoms with Crippen molar-refractivity contribution >= 4 is 5.78 Å². The van der Waals surface area contributed by atoms with E-state index in [4.69, 9.17) is 4.74 Å². The minimum absolute atomic E-state index is 0.0886. The van der Waals surface area contributed by atoms with E-state index in [1.165, 1.54) is 19.1 Å². The number of hydrogen-bond donors (Lipinski definition) is 0. The smallest absolute Gasteiger partial charge is 0.416 e. The van der Waals surface area contributed by atoms with Gasteiger partial charge in [-0.05, 0) is 26.0 Å². The van der Waals surface area contributed by atoms with E-state index in [-0.39, 0.29) is 30.1 Å². The summed E-state index contributed by atoms with van der Waals surface area (Å²) in [7, 11) is 0. The maximum atomic E-state index is 12.8. The minimum Gasteiger partial charge on any atom is -0.494 e. The van der Waals surface area contributed by atoms with Crippen LogP contribution in [0.5, 0.6) is 5.75 Å². The van der Waals surface area contributed by atoms with Gasteiger partial charge in [0.1, 0.15) is 11.5 Å². The lowest BCUT2D eigenvalue weighted by Gasteiger charge is -2.16. The molecule has 0 aromatic heterocycles. The summed E-state index contributed by atoms with van der Waals surface area (Å²) < 4.78 is 43.4. The van der Waals surface area contributed by atoms with Crippen LogP contribution in [0.1, 0.15) is 25.0 Å². The zero-order valence-electron chi connectivity index (χ0n) is 9.60. The lowest BCUT2D eigenvalue weighted by atomic mass is 10.0. The fourth-order valence-electron chi connectivity index (χ4n) is 1.55. The van der Waals surface area contributed by atoms with Crippen molar-refractivity contribution < 1.29 is 22.7 Å². The van der Waals surface area contributed by atoms with Gasteiger partial charge < -0.3 is 4.74 Å². The zero-order valence-corrected chi connectivity index (χ0v) is 9.60. The van der Waals surface area contributed by atoms with Crippen LogP contribution < -0.4 is 4.74 Å². The molecule has 0 fully saturated rings. The van der Waals surface area contributed by atoms with Gasteiger partial charge in [-0.25, -0.2) is 0 Å². The molecule has 0 spiro atoms. The quantitative estimate of drug-likeness (QED) is 0.815. The Balaban J connectivity index is 3.28. The lowest BCUT2D eigenvalue weighted by molar-refractivity contribution is -0.138. The van der Waals surface area contributed by atoms with Crippen molar-refractivity contribution in [2.75, 3.05) is 6.61 Å². The Morgan fingerprint density at radius 3 is 2.47 bits per heavy atom. The predicted molar refractivity (Wildman–Crippen MR) is 57.0 cm³/mol. The fraction of sp³-hybridized carbons (Fsp3) is 0.417. The summed E-state index contributed by atoms with van der Waals surface area (Å²) in [6, 6.07) is 3.68. The molecule has 17 heavy (non-hydrogen) atoms. The van der Waals surface area contributed by atoms with E-state index in [0.29, 0.717) is 0 Å². The van der Waals surface area contributed by atoms with Crippen LogP contribution in [0.3, 0.4) is 0 Å². The molecule has 0 saturated heterocycles. The maximum absolute atomic E-state index is 12.8. The molecule has 0 heterocycles. The largest absolute Gasteiger partial charge is 0.494 e. The second kappa shape index (κ2) is 5.21. The molecule has 0 atom stereocenters. The first-order chi connectivity index (χ1) is 7.86. The highest BCUT2D eigenvalue weighted by Gasteiger charge is 2.34.